The third kappa shape index (κ3) is 1.95. The predicted octanol–water partition coefficient (Wildman–Crippen LogP) is 4.22. The molecule has 0 aliphatic carbocycles. The lowest BCUT2D eigenvalue weighted by atomic mass is 9.73. The average Bonchev–Trinajstić information content (AvgIpc) is 2.47. The smallest absolute Gasteiger partial charge is 0.0472 e. The Hall–Kier alpha value is -1.06. The van der Waals surface area contributed by atoms with Gasteiger partial charge in [-0.2, -0.15) is 0 Å². The summed E-state index contributed by atoms with van der Waals surface area (Å²) in [6.07, 6.45) is 2.44. The average molecular weight is 332 g/mol. The molecule has 2 fully saturated rings. The summed E-state index contributed by atoms with van der Waals surface area (Å²) in [7, 11) is 0. The van der Waals surface area contributed by atoms with Gasteiger partial charge < -0.3 is 9.64 Å². The molecule has 0 saturated carbocycles. The molecule has 2 aliphatic rings. The van der Waals surface area contributed by atoms with Crippen LogP contribution in [0.3, 0.4) is 0 Å². The highest BCUT2D eigenvalue weighted by atomic mass is 79.9. The first kappa shape index (κ1) is 12.7. The molecular weight excluding hydrogens is 314 g/mol. The van der Waals surface area contributed by atoms with Crippen LogP contribution in [0, 0.1) is 5.41 Å². The van der Waals surface area contributed by atoms with Gasteiger partial charge in [0.1, 0.15) is 0 Å². The van der Waals surface area contributed by atoms with Gasteiger partial charge in [0, 0.05) is 47.3 Å². The van der Waals surface area contributed by atoms with E-state index in [0.717, 1.165) is 13.2 Å². The Kier molecular flexibility index (Phi) is 3.00. The highest BCUT2D eigenvalue weighted by Crippen LogP contribution is 2.44. The molecule has 0 atom stereocenters. The molecule has 0 unspecified atom stereocenters. The topological polar surface area (TPSA) is 12.5 Å². The number of anilines is 1. The molecular formula is C17H18BrNO. The maximum absolute atomic E-state index is 5.50. The van der Waals surface area contributed by atoms with Gasteiger partial charge in [0.15, 0.2) is 0 Å². The number of fused-ring (bicyclic) bond motifs is 1. The Labute approximate surface area is 127 Å². The van der Waals surface area contributed by atoms with E-state index in [1.807, 2.05) is 0 Å². The molecule has 104 valence electrons. The first-order valence-electron chi connectivity index (χ1n) is 7.27. The quantitative estimate of drug-likeness (QED) is 0.775. The largest absolute Gasteiger partial charge is 0.381 e. The molecule has 2 aromatic rings. The van der Waals surface area contributed by atoms with Gasteiger partial charge in [0.25, 0.3) is 0 Å². The number of hydrogen-bond donors (Lipinski definition) is 0. The molecule has 0 N–H and O–H groups in total. The fourth-order valence-electron chi connectivity index (χ4n) is 3.58. The summed E-state index contributed by atoms with van der Waals surface area (Å²) >= 11 is 3.66. The molecule has 0 radical (unpaired) electrons. The lowest BCUT2D eigenvalue weighted by Gasteiger charge is -2.53. The lowest BCUT2D eigenvalue weighted by Crippen LogP contribution is -2.58. The monoisotopic (exact) mass is 331 g/mol. The Morgan fingerprint density at radius 3 is 2.40 bits per heavy atom. The molecule has 0 bridgehead atoms. The third-order valence-electron chi connectivity index (χ3n) is 4.79. The standard InChI is InChI=1S/C17H18BrNO/c18-15-5-6-16(14-4-2-1-3-13(14)15)19-11-17(12-19)7-9-20-10-8-17/h1-6H,7-12H2. The van der Waals surface area contributed by atoms with Crippen molar-refractivity contribution in [3.63, 3.8) is 0 Å². The summed E-state index contributed by atoms with van der Waals surface area (Å²) in [4.78, 5) is 2.53. The first-order chi connectivity index (χ1) is 9.77. The van der Waals surface area contributed by atoms with Crippen LogP contribution < -0.4 is 4.90 Å². The zero-order chi connectivity index (χ0) is 13.6. The van der Waals surface area contributed by atoms with Crippen molar-refractivity contribution in [3.05, 3.63) is 40.9 Å². The number of hydrogen-bond acceptors (Lipinski definition) is 2. The second kappa shape index (κ2) is 4.74. The Bertz CT molecular complexity index is 640. The second-order valence-corrected chi connectivity index (χ2v) is 6.93. The van der Waals surface area contributed by atoms with Crippen molar-refractivity contribution < 1.29 is 4.74 Å². The van der Waals surface area contributed by atoms with Crippen molar-refractivity contribution in [1.29, 1.82) is 0 Å². The summed E-state index contributed by atoms with van der Waals surface area (Å²) in [5, 5.41) is 2.65. The Morgan fingerprint density at radius 1 is 0.950 bits per heavy atom. The van der Waals surface area contributed by atoms with E-state index in [-0.39, 0.29) is 0 Å². The molecule has 1 spiro atoms. The summed E-state index contributed by atoms with van der Waals surface area (Å²) in [6, 6.07) is 13.1. The molecule has 3 heteroatoms. The normalized spacial score (nSPS) is 21.1. The van der Waals surface area contributed by atoms with Crippen LogP contribution in [-0.2, 0) is 4.74 Å². The molecule has 0 amide bonds. The minimum atomic E-state index is 0.520. The SMILES string of the molecule is Brc1ccc(N2CC3(CCOCC3)C2)c2ccccc12. The van der Waals surface area contributed by atoms with Gasteiger partial charge in [-0.25, -0.2) is 0 Å². The zero-order valence-corrected chi connectivity index (χ0v) is 13.0. The fraction of sp³-hybridized carbons (Fsp3) is 0.412. The van der Waals surface area contributed by atoms with E-state index in [9.17, 15) is 0 Å². The number of ether oxygens (including phenoxy) is 1. The van der Waals surface area contributed by atoms with Gasteiger partial charge in [-0.05, 0) is 30.4 Å². The number of nitrogens with zero attached hydrogens (tertiary/aromatic N) is 1. The second-order valence-electron chi connectivity index (χ2n) is 6.08. The van der Waals surface area contributed by atoms with E-state index < -0.39 is 0 Å². The van der Waals surface area contributed by atoms with Crippen LogP contribution in [0.5, 0.6) is 0 Å². The molecule has 2 heterocycles. The highest BCUT2D eigenvalue weighted by Gasteiger charge is 2.44. The van der Waals surface area contributed by atoms with Crippen molar-refractivity contribution in [3.8, 4) is 0 Å². The minimum Gasteiger partial charge on any atom is -0.381 e. The van der Waals surface area contributed by atoms with Crippen LogP contribution in [0.4, 0.5) is 5.69 Å². The summed E-state index contributed by atoms with van der Waals surface area (Å²) in [5.74, 6) is 0. The molecule has 0 aromatic heterocycles. The van der Waals surface area contributed by atoms with Crippen LogP contribution in [0.1, 0.15) is 12.8 Å². The molecule has 2 aromatic carbocycles. The van der Waals surface area contributed by atoms with E-state index in [0.29, 0.717) is 5.41 Å². The third-order valence-corrected chi connectivity index (χ3v) is 5.49. The van der Waals surface area contributed by atoms with E-state index in [1.165, 1.54) is 46.9 Å². The summed E-state index contributed by atoms with van der Waals surface area (Å²) < 4.78 is 6.68. The van der Waals surface area contributed by atoms with Gasteiger partial charge in [0.05, 0.1) is 0 Å². The van der Waals surface area contributed by atoms with E-state index >= 15 is 0 Å². The van der Waals surface area contributed by atoms with Crippen LogP contribution >= 0.6 is 15.9 Å². The van der Waals surface area contributed by atoms with Crippen LogP contribution in [-0.4, -0.2) is 26.3 Å². The highest BCUT2D eigenvalue weighted by molar-refractivity contribution is 9.10. The molecule has 4 rings (SSSR count). The van der Waals surface area contributed by atoms with E-state index in [4.69, 9.17) is 4.74 Å². The molecule has 2 aliphatic heterocycles. The zero-order valence-electron chi connectivity index (χ0n) is 11.4. The first-order valence-corrected chi connectivity index (χ1v) is 8.07. The van der Waals surface area contributed by atoms with E-state index in [1.54, 1.807) is 0 Å². The van der Waals surface area contributed by atoms with Gasteiger partial charge in [0.2, 0.25) is 0 Å². The van der Waals surface area contributed by atoms with Crippen LogP contribution in [0.15, 0.2) is 40.9 Å². The van der Waals surface area contributed by atoms with Crippen molar-refractivity contribution in [2.24, 2.45) is 5.41 Å². The number of rotatable bonds is 1. The Balaban J connectivity index is 1.66. The molecule has 2 saturated heterocycles. The van der Waals surface area contributed by atoms with Crippen molar-refractivity contribution in [2.75, 3.05) is 31.2 Å². The number of benzene rings is 2. The maximum Gasteiger partial charge on any atom is 0.0472 e. The van der Waals surface area contributed by atoms with Crippen LogP contribution in [0.25, 0.3) is 10.8 Å². The summed E-state index contributed by atoms with van der Waals surface area (Å²) in [5.41, 5.74) is 1.90. The fourth-order valence-corrected chi connectivity index (χ4v) is 4.05. The number of halogens is 1. The van der Waals surface area contributed by atoms with Crippen LogP contribution in [0.2, 0.25) is 0 Å². The van der Waals surface area contributed by atoms with Crippen molar-refractivity contribution >= 4 is 32.4 Å². The predicted molar refractivity (Wildman–Crippen MR) is 86.3 cm³/mol. The van der Waals surface area contributed by atoms with E-state index in [2.05, 4.69) is 57.2 Å². The van der Waals surface area contributed by atoms with Gasteiger partial charge in [-0.15, -0.1) is 0 Å². The van der Waals surface area contributed by atoms with Gasteiger partial charge >= 0.3 is 0 Å². The Morgan fingerprint density at radius 2 is 1.65 bits per heavy atom. The maximum atomic E-state index is 5.50. The lowest BCUT2D eigenvalue weighted by molar-refractivity contribution is -0.0000995. The van der Waals surface area contributed by atoms with Crippen molar-refractivity contribution in [1.82, 2.24) is 0 Å². The summed E-state index contributed by atoms with van der Waals surface area (Å²) in [6.45, 7) is 4.24. The van der Waals surface area contributed by atoms with Crippen molar-refractivity contribution in [2.45, 2.75) is 12.8 Å². The van der Waals surface area contributed by atoms with Gasteiger partial charge in [-0.3, -0.25) is 0 Å². The molecule has 2 nitrogen and oxygen atoms in total. The molecule has 20 heavy (non-hydrogen) atoms. The minimum absolute atomic E-state index is 0.520. The van der Waals surface area contributed by atoms with Gasteiger partial charge in [-0.1, -0.05) is 40.2 Å².